The van der Waals surface area contributed by atoms with E-state index in [1.165, 1.54) is 18.4 Å². The van der Waals surface area contributed by atoms with Crippen LogP contribution in [0.4, 0.5) is 0 Å². The molecule has 1 aromatic carbocycles. The van der Waals surface area contributed by atoms with Gasteiger partial charge in [0.1, 0.15) is 11.5 Å². The van der Waals surface area contributed by atoms with Gasteiger partial charge < -0.3 is 14.2 Å². The molecule has 2 atom stereocenters. The molecular weight excluding hydrogens is 331 g/mol. The third-order valence-corrected chi connectivity index (χ3v) is 5.81. The van der Waals surface area contributed by atoms with Crippen molar-refractivity contribution in [3.8, 4) is 11.5 Å². The van der Waals surface area contributed by atoms with Crippen molar-refractivity contribution in [3.63, 3.8) is 0 Å². The number of aromatic hydroxyl groups is 1. The third kappa shape index (κ3) is 6.01. The topological polar surface area (TPSA) is 38.7 Å². The quantitative estimate of drug-likeness (QED) is 0.301. The summed E-state index contributed by atoms with van der Waals surface area (Å²) in [6, 6.07) is 4.06. The van der Waals surface area contributed by atoms with Crippen LogP contribution < -0.4 is 4.52 Å². The van der Waals surface area contributed by atoms with Gasteiger partial charge in [-0.05, 0) is 63.6 Å². The minimum absolute atomic E-state index is 0.235. The SMILES string of the molecule is CCCCCc1cc(O)c(C2C=C(C)CCC2)c(OP(C)OCC)c1. The van der Waals surface area contributed by atoms with Gasteiger partial charge in [-0.1, -0.05) is 31.4 Å². The summed E-state index contributed by atoms with van der Waals surface area (Å²) in [6.45, 7) is 8.98. The Hall–Kier alpha value is -1.05. The number of phenols is 1. The van der Waals surface area contributed by atoms with Crippen molar-refractivity contribution in [2.24, 2.45) is 0 Å². The number of unbranched alkanes of at least 4 members (excludes halogenated alkanes) is 2. The highest BCUT2D eigenvalue weighted by Crippen LogP contribution is 2.46. The van der Waals surface area contributed by atoms with Gasteiger partial charge in [0.15, 0.2) is 0 Å². The number of allylic oxidation sites excluding steroid dienone is 2. The minimum atomic E-state index is -0.978. The standard InChI is InChI=1S/C21H33O3P/c1-5-7-8-11-17-14-19(22)21(18-12-9-10-16(3)13-18)20(15-17)24-25(4)23-6-2/h13-15,18,22H,5-12H2,1-4H3. The van der Waals surface area contributed by atoms with E-state index in [1.54, 1.807) is 0 Å². The summed E-state index contributed by atoms with van der Waals surface area (Å²) in [4.78, 5) is 0. The number of aryl methyl sites for hydroxylation is 1. The van der Waals surface area contributed by atoms with Gasteiger partial charge in [0.2, 0.25) is 8.38 Å². The predicted octanol–water partition coefficient (Wildman–Crippen LogP) is 6.70. The molecule has 0 bridgehead atoms. The molecule has 0 radical (unpaired) electrons. The molecule has 0 spiro atoms. The Balaban J connectivity index is 2.32. The van der Waals surface area contributed by atoms with Crippen LogP contribution in [0.25, 0.3) is 0 Å². The van der Waals surface area contributed by atoms with Crippen molar-refractivity contribution in [2.75, 3.05) is 13.3 Å². The Bertz CT molecular complexity index is 583. The number of phenolic OH excluding ortho intramolecular Hbond substituents is 1. The van der Waals surface area contributed by atoms with Crippen LogP contribution in [0.5, 0.6) is 11.5 Å². The van der Waals surface area contributed by atoms with E-state index in [2.05, 4.69) is 26.0 Å². The molecule has 0 saturated carbocycles. The summed E-state index contributed by atoms with van der Waals surface area (Å²) in [5.41, 5.74) is 3.49. The normalized spacial score (nSPS) is 18.7. The molecule has 1 aliphatic rings. The van der Waals surface area contributed by atoms with Crippen molar-refractivity contribution in [2.45, 2.75) is 71.6 Å². The summed E-state index contributed by atoms with van der Waals surface area (Å²) in [5.74, 6) is 1.42. The predicted molar refractivity (Wildman–Crippen MR) is 107 cm³/mol. The zero-order valence-electron chi connectivity index (χ0n) is 16.2. The van der Waals surface area contributed by atoms with Crippen molar-refractivity contribution >= 4 is 8.38 Å². The molecule has 1 aromatic rings. The molecular formula is C21H33O3P. The number of hydrogen-bond acceptors (Lipinski definition) is 3. The Morgan fingerprint density at radius 1 is 1.24 bits per heavy atom. The number of hydrogen-bond donors (Lipinski definition) is 1. The largest absolute Gasteiger partial charge is 0.507 e. The van der Waals surface area contributed by atoms with Gasteiger partial charge in [-0.2, -0.15) is 0 Å². The maximum Gasteiger partial charge on any atom is 0.226 e. The molecule has 0 aliphatic heterocycles. The summed E-state index contributed by atoms with van der Waals surface area (Å²) < 4.78 is 11.8. The van der Waals surface area contributed by atoms with Gasteiger partial charge in [-0.25, -0.2) is 0 Å². The van der Waals surface area contributed by atoms with Crippen LogP contribution in [0.3, 0.4) is 0 Å². The minimum Gasteiger partial charge on any atom is -0.507 e. The fourth-order valence-electron chi connectivity index (χ4n) is 3.52. The maximum atomic E-state index is 10.8. The van der Waals surface area contributed by atoms with Crippen LogP contribution >= 0.6 is 8.38 Å². The molecule has 0 heterocycles. The summed E-state index contributed by atoms with van der Waals surface area (Å²) in [7, 11) is -0.978. The zero-order valence-corrected chi connectivity index (χ0v) is 17.1. The molecule has 0 saturated heterocycles. The average Bonchev–Trinajstić information content (AvgIpc) is 2.55. The van der Waals surface area contributed by atoms with E-state index in [9.17, 15) is 5.11 Å². The van der Waals surface area contributed by atoms with E-state index in [4.69, 9.17) is 9.05 Å². The van der Waals surface area contributed by atoms with Crippen LogP contribution in [0.2, 0.25) is 0 Å². The van der Waals surface area contributed by atoms with Gasteiger partial charge in [-0.15, -0.1) is 0 Å². The van der Waals surface area contributed by atoms with E-state index < -0.39 is 8.38 Å². The lowest BCUT2D eigenvalue weighted by molar-refractivity contribution is 0.336. The van der Waals surface area contributed by atoms with Gasteiger partial charge in [0.05, 0.1) is 6.61 Å². The molecule has 25 heavy (non-hydrogen) atoms. The molecule has 0 fully saturated rings. The Morgan fingerprint density at radius 2 is 2.04 bits per heavy atom. The first-order valence-electron chi connectivity index (χ1n) is 9.62. The highest BCUT2D eigenvalue weighted by molar-refractivity contribution is 7.46. The van der Waals surface area contributed by atoms with Crippen LogP contribution in [0.1, 0.15) is 76.3 Å². The van der Waals surface area contributed by atoms with Gasteiger partial charge in [0.25, 0.3) is 0 Å². The van der Waals surface area contributed by atoms with Crippen LogP contribution in [0.15, 0.2) is 23.8 Å². The highest BCUT2D eigenvalue weighted by Gasteiger charge is 2.23. The fraction of sp³-hybridized carbons (Fsp3) is 0.619. The third-order valence-electron chi connectivity index (χ3n) is 4.73. The molecule has 0 amide bonds. The molecule has 2 rings (SSSR count). The van der Waals surface area contributed by atoms with Crippen molar-refractivity contribution in [3.05, 3.63) is 34.9 Å². The van der Waals surface area contributed by atoms with Crippen molar-refractivity contribution < 1.29 is 14.2 Å². The van der Waals surface area contributed by atoms with Gasteiger partial charge >= 0.3 is 0 Å². The van der Waals surface area contributed by atoms with Gasteiger partial charge in [0, 0.05) is 18.1 Å². The second-order valence-electron chi connectivity index (χ2n) is 6.94. The lowest BCUT2D eigenvalue weighted by Gasteiger charge is -2.25. The monoisotopic (exact) mass is 364 g/mol. The summed E-state index contributed by atoms with van der Waals surface area (Å²) in [5, 5.41) is 10.8. The van der Waals surface area contributed by atoms with Crippen LogP contribution in [-0.2, 0) is 10.9 Å². The molecule has 1 aliphatic carbocycles. The molecule has 3 nitrogen and oxygen atoms in total. The molecule has 1 N–H and O–H groups in total. The Kier molecular flexibility index (Phi) is 8.26. The van der Waals surface area contributed by atoms with Crippen LogP contribution in [-0.4, -0.2) is 18.4 Å². The second-order valence-corrected chi connectivity index (χ2v) is 8.26. The molecule has 4 heteroatoms. The maximum absolute atomic E-state index is 10.8. The van der Waals surface area contributed by atoms with E-state index in [0.29, 0.717) is 12.4 Å². The number of benzene rings is 1. The second kappa shape index (κ2) is 10.2. The van der Waals surface area contributed by atoms with E-state index >= 15 is 0 Å². The molecule has 0 aromatic heterocycles. The smallest absolute Gasteiger partial charge is 0.226 e. The molecule has 2 unspecified atom stereocenters. The number of rotatable bonds is 9. The highest BCUT2D eigenvalue weighted by atomic mass is 31.2. The first kappa shape index (κ1) is 20.3. The fourth-order valence-corrected chi connectivity index (χ4v) is 4.37. The first-order chi connectivity index (χ1) is 12.0. The molecule has 140 valence electrons. The van der Waals surface area contributed by atoms with E-state index in [0.717, 1.165) is 49.0 Å². The van der Waals surface area contributed by atoms with Crippen LogP contribution in [0, 0.1) is 0 Å². The lowest BCUT2D eigenvalue weighted by Crippen LogP contribution is -2.06. The zero-order chi connectivity index (χ0) is 18.2. The van der Waals surface area contributed by atoms with E-state index in [1.807, 2.05) is 19.7 Å². The average molecular weight is 364 g/mol. The summed E-state index contributed by atoms with van der Waals surface area (Å²) in [6.07, 6.45) is 10.2. The lowest BCUT2D eigenvalue weighted by atomic mass is 9.84. The van der Waals surface area contributed by atoms with E-state index in [-0.39, 0.29) is 5.92 Å². The first-order valence-corrected chi connectivity index (χ1v) is 11.2. The Labute approximate surface area is 154 Å². The Morgan fingerprint density at radius 3 is 2.72 bits per heavy atom. The summed E-state index contributed by atoms with van der Waals surface area (Å²) >= 11 is 0. The van der Waals surface area contributed by atoms with Crippen molar-refractivity contribution in [1.29, 1.82) is 0 Å². The van der Waals surface area contributed by atoms with Gasteiger partial charge in [-0.3, -0.25) is 0 Å². The van der Waals surface area contributed by atoms with Crippen molar-refractivity contribution in [1.82, 2.24) is 0 Å².